The van der Waals surface area contributed by atoms with Gasteiger partial charge < -0.3 is 20.4 Å². The second kappa shape index (κ2) is 8.86. The van der Waals surface area contributed by atoms with E-state index in [4.69, 9.17) is 20.4 Å². The van der Waals surface area contributed by atoms with Crippen molar-refractivity contribution in [2.45, 2.75) is 12.1 Å². The predicted molar refractivity (Wildman–Crippen MR) is 61.2 cm³/mol. The molecule has 0 heterocycles. The molecule has 0 amide bonds. The van der Waals surface area contributed by atoms with Gasteiger partial charge in [0.1, 0.15) is 0 Å². The van der Waals surface area contributed by atoms with Crippen molar-refractivity contribution in [2.24, 2.45) is 0 Å². The molecule has 0 aliphatic carbocycles. The summed E-state index contributed by atoms with van der Waals surface area (Å²) in [4.78, 5) is 3.70. The van der Waals surface area contributed by atoms with Crippen molar-refractivity contribution in [1.82, 2.24) is 9.80 Å². The third-order valence-corrected chi connectivity index (χ3v) is 2.90. The molecule has 0 spiro atoms. The summed E-state index contributed by atoms with van der Waals surface area (Å²) in [6.45, 7) is 0.970. The summed E-state index contributed by atoms with van der Waals surface area (Å²) in [5.41, 5.74) is 0. The molecular weight excluding hydrogens is 212 g/mol. The first-order chi connectivity index (χ1) is 7.60. The summed E-state index contributed by atoms with van der Waals surface area (Å²) in [5.74, 6) is 0. The van der Waals surface area contributed by atoms with Crippen molar-refractivity contribution < 1.29 is 20.4 Å². The van der Waals surface area contributed by atoms with Crippen LogP contribution in [-0.2, 0) is 0 Å². The zero-order chi connectivity index (χ0) is 12.6. The van der Waals surface area contributed by atoms with Crippen LogP contribution < -0.4 is 0 Å². The first kappa shape index (κ1) is 15.8. The molecule has 98 valence electrons. The lowest BCUT2D eigenvalue weighted by Crippen LogP contribution is -2.45. The Balaban J connectivity index is 3.93. The monoisotopic (exact) mass is 236 g/mol. The first-order valence-electron chi connectivity index (χ1n) is 5.44. The van der Waals surface area contributed by atoms with E-state index < -0.39 is 0 Å². The quantitative estimate of drug-likeness (QED) is 0.356. The van der Waals surface area contributed by atoms with Gasteiger partial charge in [-0.25, -0.2) is 0 Å². The lowest BCUT2D eigenvalue weighted by Gasteiger charge is -2.29. The molecule has 0 bridgehead atoms. The Kier molecular flexibility index (Phi) is 8.73. The number of hydrogen-bond acceptors (Lipinski definition) is 6. The molecular formula is C10H24N2O4. The van der Waals surface area contributed by atoms with Gasteiger partial charge in [-0.15, -0.1) is 0 Å². The van der Waals surface area contributed by atoms with Crippen molar-refractivity contribution >= 4 is 0 Å². The summed E-state index contributed by atoms with van der Waals surface area (Å²) < 4.78 is 0. The molecule has 0 saturated carbocycles. The molecule has 0 unspecified atom stereocenters. The number of aliphatic hydroxyl groups is 4. The van der Waals surface area contributed by atoms with Crippen LogP contribution in [0.1, 0.15) is 0 Å². The molecule has 0 rings (SSSR count). The maximum Gasteiger partial charge on any atom is 0.0609 e. The fourth-order valence-corrected chi connectivity index (χ4v) is 1.35. The largest absolute Gasteiger partial charge is 0.395 e. The second-order valence-electron chi connectivity index (χ2n) is 4.00. The van der Waals surface area contributed by atoms with E-state index in [2.05, 4.69) is 0 Å². The summed E-state index contributed by atoms with van der Waals surface area (Å²) in [6.07, 6.45) is 0. The smallest absolute Gasteiger partial charge is 0.0609 e. The third kappa shape index (κ3) is 5.20. The van der Waals surface area contributed by atoms with Gasteiger partial charge in [0.25, 0.3) is 0 Å². The Labute approximate surface area is 96.7 Å². The van der Waals surface area contributed by atoms with E-state index in [1.807, 2.05) is 23.9 Å². The molecule has 0 aliphatic heterocycles. The van der Waals surface area contributed by atoms with Gasteiger partial charge in [-0.05, 0) is 14.1 Å². The van der Waals surface area contributed by atoms with Crippen LogP contribution in [0.5, 0.6) is 0 Å². The summed E-state index contributed by atoms with van der Waals surface area (Å²) in [5, 5.41) is 35.9. The van der Waals surface area contributed by atoms with Gasteiger partial charge in [-0.2, -0.15) is 0 Å². The van der Waals surface area contributed by atoms with Gasteiger partial charge in [-0.3, -0.25) is 9.80 Å². The SMILES string of the molecule is CN(CCN(C)C(CO)CO)C(CO)CO. The van der Waals surface area contributed by atoms with E-state index in [1.54, 1.807) is 0 Å². The van der Waals surface area contributed by atoms with Crippen LogP contribution >= 0.6 is 0 Å². The Bertz CT molecular complexity index is 145. The van der Waals surface area contributed by atoms with Crippen LogP contribution in [0.15, 0.2) is 0 Å². The Morgan fingerprint density at radius 1 is 0.688 bits per heavy atom. The van der Waals surface area contributed by atoms with Crippen molar-refractivity contribution in [1.29, 1.82) is 0 Å². The Morgan fingerprint density at radius 2 is 0.938 bits per heavy atom. The van der Waals surface area contributed by atoms with Crippen LogP contribution in [0.4, 0.5) is 0 Å². The highest BCUT2D eigenvalue weighted by Crippen LogP contribution is 1.98. The minimum atomic E-state index is -0.255. The molecule has 0 saturated heterocycles. The normalized spacial score (nSPS) is 12.4. The molecule has 0 atom stereocenters. The number of hydrogen-bond donors (Lipinski definition) is 4. The molecule has 0 fully saturated rings. The molecule has 0 radical (unpaired) electrons. The van der Waals surface area contributed by atoms with Crippen LogP contribution in [0.2, 0.25) is 0 Å². The van der Waals surface area contributed by atoms with Crippen LogP contribution in [0, 0.1) is 0 Å². The Morgan fingerprint density at radius 3 is 1.12 bits per heavy atom. The molecule has 16 heavy (non-hydrogen) atoms. The lowest BCUT2D eigenvalue weighted by atomic mass is 10.2. The zero-order valence-electron chi connectivity index (χ0n) is 10.1. The average Bonchev–Trinajstić information content (AvgIpc) is 2.29. The van der Waals surface area contributed by atoms with E-state index in [1.165, 1.54) is 0 Å². The lowest BCUT2D eigenvalue weighted by molar-refractivity contribution is 0.0612. The molecule has 6 nitrogen and oxygen atoms in total. The highest BCUT2D eigenvalue weighted by Gasteiger charge is 2.16. The summed E-state index contributed by atoms with van der Waals surface area (Å²) in [7, 11) is 3.63. The van der Waals surface area contributed by atoms with Gasteiger partial charge in [0.15, 0.2) is 0 Å². The van der Waals surface area contributed by atoms with Gasteiger partial charge in [0.2, 0.25) is 0 Å². The number of aliphatic hydroxyl groups excluding tert-OH is 4. The van der Waals surface area contributed by atoms with Crippen molar-refractivity contribution in [3.63, 3.8) is 0 Å². The van der Waals surface area contributed by atoms with Crippen LogP contribution in [0.25, 0.3) is 0 Å². The van der Waals surface area contributed by atoms with Gasteiger partial charge in [0, 0.05) is 13.1 Å². The highest BCUT2D eigenvalue weighted by molar-refractivity contribution is 4.71. The van der Waals surface area contributed by atoms with E-state index in [0.717, 1.165) is 0 Å². The number of likely N-dealkylation sites (N-methyl/N-ethyl adjacent to an activating group) is 2. The average molecular weight is 236 g/mol. The maximum atomic E-state index is 8.97. The van der Waals surface area contributed by atoms with Gasteiger partial charge >= 0.3 is 0 Å². The number of rotatable bonds is 9. The predicted octanol–water partition coefficient (Wildman–Crippen LogP) is -2.44. The molecule has 0 aromatic heterocycles. The van der Waals surface area contributed by atoms with Crippen LogP contribution in [-0.4, -0.2) is 95.9 Å². The molecule has 0 aliphatic rings. The summed E-state index contributed by atoms with van der Waals surface area (Å²) in [6, 6.07) is -0.509. The zero-order valence-corrected chi connectivity index (χ0v) is 10.1. The maximum absolute atomic E-state index is 8.97. The van der Waals surface area contributed by atoms with E-state index in [9.17, 15) is 0 Å². The minimum absolute atomic E-state index is 0.0832. The second-order valence-corrected chi connectivity index (χ2v) is 4.00. The molecule has 0 aromatic carbocycles. The fraction of sp³-hybridized carbons (Fsp3) is 1.00. The van der Waals surface area contributed by atoms with Crippen molar-refractivity contribution in [3.05, 3.63) is 0 Å². The van der Waals surface area contributed by atoms with Crippen LogP contribution in [0.3, 0.4) is 0 Å². The fourth-order valence-electron chi connectivity index (χ4n) is 1.35. The van der Waals surface area contributed by atoms with Crippen molar-refractivity contribution in [2.75, 3.05) is 53.6 Å². The van der Waals surface area contributed by atoms with Crippen molar-refractivity contribution in [3.8, 4) is 0 Å². The highest BCUT2D eigenvalue weighted by atomic mass is 16.3. The molecule has 6 heteroatoms. The van der Waals surface area contributed by atoms with E-state index in [-0.39, 0.29) is 38.5 Å². The third-order valence-electron chi connectivity index (χ3n) is 2.90. The Hall–Kier alpha value is -0.240. The van der Waals surface area contributed by atoms with Gasteiger partial charge in [-0.1, -0.05) is 0 Å². The summed E-state index contributed by atoms with van der Waals surface area (Å²) >= 11 is 0. The van der Waals surface area contributed by atoms with Gasteiger partial charge in [0.05, 0.1) is 38.5 Å². The standard InChI is InChI=1S/C10H24N2O4/c1-11(9(5-13)6-14)3-4-12(2)10(7-15)8-16/h9-10,13-16H,3-8H2,1-2H3. The topological polar surface area (TPSA) is 87.4 Å². The van der Waals surface area contributed by atoms with E-state index in [0.29, 0.717) is 13.1 Å². The molecule has 0 aromatic rings. The minimum Gasteiger partial charge on any atom is -0.395 e. The number of nitrogens with zero attached hydrogens (tertiary/aromatic N) is 2. The molecule has 4 N–H and O–H groups in total. The van der Waals surface area contributed by atoms with E-state index >= 15 is 0 Å². The first-order valence-corrected chi connectivity index (χ1v) is 5.44.